The molecule has 8 nitrogen and oxygen atoms in total. The summed E-state index contributed by atoms with van der Waals surface area (Å²) in [5.74, 6) is -0.965. The summed E-state index contributed by atoms with van der Waals surface area (Å²) in [7, 11) is 1.33. The number of rotatable bonds is 7. The summed E-state index contributed by atoms with van der Waals surface area (Å²) >= 11 is 0. The molecule has 8 heteroatoms. The molecule has 0 heterocycles. The van der Waals surface area contributed by atoms with E-state index < -0.39 is 23.4 Å². The van der Waals surface area contributed by atoms with Crippen molar-refractivity contribution in [1.82, 2.24) is 0 Å². The Hall–Kier alpha value is -3.42. The van der Waals surface area contributed by atoms with Crippen molar-refractivity contribution in [1.29, 1.82) is 0 Å². The quantitative estimate of drug-likeness (QED) is 0.463. The topological polar surface area (TPSA) is 108 Å². The molecule has 2 aromatic carbocycles. The number of methoxy groups -OCH3 is 1. The Bertz CT molecular complexity index is 817. The van der Waals surface area contributed by atoms with E-state index in [2.05, 4.69) is 5.32 Å². The minimum atomic E-state index is -0.575. The standard InChI is InChI=1S/C18H18N2O6/c1-12-3-5-13(6-4-12)9-18(22)26-11-17(21)19-15-8-7-14(20(23)24)10-16(15)25-2/h3-8,10H,9,11H2,1-2H3,(H,19,21). The summed E-state index contributed by atoms with van der Waals surface area (Å²) in [5, 5.41) is 13.2. The third-order valence-electron chi connectivity index (χ3n) is 3.50. The number of non-ortho nitro benzene ring substituents is 1. The van der Waals surface area contributed by atoms with Gasteiger partial charge in [0.1, 0.15) is 5.75 Å². The van der Waals surface area contributed by atoms with E-state index in [0.717, 1.165) is 11.1 Å². The van der Waals surface area contributed by atoms with E-state index in [9.17, 15) is 19.7 Å². The Morgan fingerprint density at radius 2 is 1.85 bits per heavy atom. The van der Waals surface area contributed by atoms with Gasteiger partial charge in [0.25, 0.3) is 11.6 Å². The number of anilines is 1. The Morgan fingerprint density at radius 1 is 1.15 bits per heavy atom. The first-order valence-electron chi connectivity index (χ1n) is 7.72. The fraction of sp³-hybridized carbons (Fsp3) is 0.222. The number of nitrogens with one attached hydrogen (secondary N) is 1. The number of carbonyl (C=O) groups excluding carboxylic acids is 2. The average molecular weight is 358 g/mol. The number of aryl methyl sites for hydroxylation is 1. The van der Waals surface area contributed by atoms with E-state index in [1.54, 1.807) is 0 Å². The number of amides is 1. The highest BCUT2D eigenvalue weighted by atomic mass is 16.6. The predicted octanol–water partition coefficient (Wildman–Crippen LogP) is 2.64. The van der Waals surface area contributed by atoms with Gasteiger partial charge >= 0.3 is 5.97 Å². The lowest BCUT2D eigenvalue weighted by atomic mass is 10.1. The summed E-state index contributed by atoms with van der Waals surface area (Å²) in [6.45, 7) is 1.48. The minimum Gasteiger partial charge on any atom is -0.494 e. The van der Waals surface area contributed by atoms with Gasteiger partial charge in [-0.15, -0.1) is 0 Å². The number of hydrogen-bond donors (Lipinski definition) is 1. The molecule has 0 atom stereocenters. The number of benzene rings is 2. The molecule has 0 fully saturated rings. The first-order valence-corrected chi connectivity index (χ1v) is 7.72. The first kappa shape index (κ1) is 18.9. The van der Waals surface area contributed by atoms with Gasteiger partial charge in [0.2, 0.25) is 0 Å². The molecule has 1 N–H and O–H groups in total. The molecule has 2 aromatic rings. The van der Waals surface area contributed by atoms with Crippen LogP contribution in [0, 0.1) is 17.0 Å². The van der Waals surface area contributed by atoms with Crippen molar-refractivity contribution >= 4 is 23.3 Å². The second kappa shape index (κ2) is 8.61. The van der Waals surface area contributed by atoms with Gasteiger partial charge in [0.15, 0.2) is 6.61 Å². The fourth-order valence-corrected chi connectivity index (χ4v) is 2.15. The van der Waals surface area contributed by atoms with Gasteiger partial charge in [-0.05, 0) is 18.6 Å². The molecule has 136 valence electrons. The lowest BCUT2D eigenvalue weighted by molar-refractivity contribution is -0.384. The lowest BCUT2D eigenvalue weighted by Gasteiger charge is -2.10. The number of carbonyl (C=O) groups is 2. The third kappa shape index (κ3) is 5.30. The second-order valence-corrected chi connectivity index (χ2v) is 5.51. The van der Waals surface area contributed by atoms with Crippen LogP contribution in [0.1, 0.15) is 11.1 Å². The maximum absolute atomic E-state index is 11.9. The normalized spacial score (nSPS) is 10.1. The Morgan fingerprint density at radius 3 is 2.46 bits per heavy atom. The molecule has 0 aliphatic rings. The van der Waals surface area contributed by atoms with Gasteiger partial charge in [-0.1, -0.05) is 29.8 Å². The molecule has 0 aliphatic heterocycles. The molecule has 0 spiro atoms. The van der Waals surface area contributed by atoms with Crippen molar-refractivity contribution < 1.29 is 24.0 Å². The molecule has 0 unspecified atom stereocenters. The van der Waals surface area contributed by atoms with E-state index >= 15 is 0 Å². The number of ether oxygens (including phenoxy) is 2. The monoisotopic (exact) mass is 358 g/mol. The molecule has 1 amide bonds. The van der Waals surface area contributed by atoms with Crippen LogP contribution in [0.3, 0.4) is 0 Å². The third-order valence-corrected chi connectivity index (χ3v) is 3.50. The fourth-order valence-electron chi connectivity index (χ4n) is 2.15. The minimum absolute atomic E-state index is 0.0639. The van der Waals surface area contributed by atoms with E-state index in [0.29, 0.717) is 0 Å². The van der Waals surface area contributed by atoms with Crippen LogP contribution in [0.4, 0.5) is 11.4 Å². The van der Waals surface area contributed by atoms with Crippen LogP contribution in [-0.4, -0.2) is 30.5 Å². The second-order valence-electron chi connectivity index (χ2n) is 5.51. The van der Waals surface area contributed by atoms with Crippen LogP contribution in [0.15, 0.2) is 42.5 Å². The van der Waals surface area contributed by atoms with Crippen molar-refractivity contribution in [3.8, 4) is 5.75 Å². The van der Waals surface area contributed by atoms with Crippen LogP contribution in [0.5, 0.6) is 5.75 Å². The molecule has 2 rings (SSSR count). The van der Waals surface area contributed by atoms with Gasteiger partial charge in [-0.25, -0.2) is 0 Å². The van der Waals surface area contributed by atoms with Crippen LogP contribution >= 0.6 is 0 Å². The highest BCUT2D eigenvalue weighted by molar-refractivity contribution is 5.94. The van der Waals surface area contributed by atoms with Gasteiger partial charge < -0.3 is 14.8 Å². The van der Waals surface area contributed by atoms with Gasteiger partial charge in [-0.3, -0.25) is 19.7 Å². The molecular formula is C18H18N2O6. The zero-order chi connectivity index (χ0) is 19.1. The molecule has 0 aromatic heterocycles. The Balaban J connectivity index is 1.89. The number of nitrogens with zero attached hydrogens (tertiary/aromatic N) is 1. The smallest absolute Gasteiger partial charge is 0.310 e. The number of nitro benzene ring substituents is 1. The average Bonchev–Trinajstić information content (AvgIpc) is 2.62. The van der Waals surface area contributed by atoms with Crippen molar-refractivity contribution in [3.63, 3.8) is 0 Å². The zero-order valence-corrected chi connectivity index (χ0v) is 14.4. The number of hydrogen-bond acceptors (Lipinski definition) is 6. The maximum atomic E-state index is 11.9. The van der Waals surface area contributed by atoms with Crippen molar-refractivity contribution in [2.24, 2.45) is 0 Å². The van der Waals surface area contributed by atoms with Crippen LogP contribution in [0.2, 0.25) is 0 Å². The molecule has 26 heavy (non-hydrogen) atoms. The van der Waals surface area contributed by atoms with Gasteiger partial charge in [0, 0.05) is 6.07 Å². The summed E-state index contributed by atoms with van der Waals surface area (Å²) in [6.07, 6.45) is 0.0639. The van der Waals surface area contributed by atoms with E-state index in [4.69, 9.17) is 9.47 Å². The molecule has 0 radical (unpaired) electrons. The summed E-state index contributed by atoms with van der Waals surface area (Å²) in [6, 6.07) is 11.2. The van der Waals surface area contributed by atoms with Crippen LogP contribution < -0.4 is 10.1 Å². The van der Waals surface area contributed by atoms with Gasteiger partial charge in [0.05, 0.1) is 30.2 Å². The predicted molar refractivity (Wildman–Crippen MR) is 94.1 cm³/mol. The van der Waals surface area contributed by atoms with Crippen LogP contribution in [-0.2, 0) is 20.7 Å². The summed E-state index contributed by atoms with van der Waals surface area (Å²) < 4.78 is 9.97. The van der Waals surface area contributed by atoms with Crippen LogP contribution in [0.25, 0.3) is 0 Å². The highest BCUT2D eigenvalue weighted by Gasteiger charge is 2.14. The zero-order valence-electron chi connectivity index (χ0n) is 14.4. The summed E-state index contributed by atoms with van der Waals surface area (Å²) in [4.78, 5) is 33.9. The molecule has 0 saturated heterocycles. The molecule has 0 bridgehead atoms. The summed E-state index contributed by atoms with van der Waals surface area (Å²) in [5.41, 5.74) is 1.96. The van der Waals surface area contributed by atoms with Crippen molar-refractivity contribution in [2.75, 3.05) is 19.0 Å². The highest BCUT2D eigenvalue weighted by Crippen LogP contribution is 2.28. The number of nitro groups is 1. The maximum Gasteiger partial charge on any atom is 0.310 e. The van der Waals surface area contributed by atoms with Gasteiger partial charge in [-0.2, -0.15) is 0 Å². The SMILES string of the molecule is COc1cc([N+](=O)[O-])ccc1NC(=O)COC(=O)Cc1ccc(C)cc1. The number of esters is 1. The molecule has 0 aliphatic carbocycles. The molecular weight excluding hydrogens is 340 g/mol. The van der Waals surface area contributed by atoms with Crippen molar-refractivity contribution in [3.05, 3.63) is 63.7 Å². The van der Waals surface area contributed by atoms with E-state index in [-0.39, 0.29) is 23.5 Å². The lowest BCUT2D eigenvalue weighted by Crippen LogP contribution is -2.22. The molecule has 0 saturated carbocycles. The van der Waals surface area contributed by atoms with E-state index in [1.807, 2.05) is 31.2 Å². The first-order chi connectivity index (χ1) is 12.4. The van der Waals surface area contributed by atoms with E-state index in [1.165, 1.54) is 25.3 Å². The Kier molecular flexibility index (Phi) is 6.26. The van der Waals surface area contributed by atoms with Crippen molar-refractivity contribution in [2.45, 2.75) is 13.3 Å². The Labute approximate surface area is 149 Å². The largest absolute Gasteiger partial charge is 0.494 e.